The van der Waals surface area contributed by atoms with E-state index in [1.807, 2.05) is 0 Å². The Labute approximate surface area is 164 Å². The van der Waals surface area contributed by atoms with Gasteiger partial charge in [0.15, 0.2) is 0 Å². The predicted octanol–water partition coefficient (Wildman–Crippen LogP) is 2.90. The Bertz CT molecular complexity index is 1010. The third-order valence-corrected chi connectivity index (χ3v) is 5.96. The normalized spacial score (nSPS) is 17.3. The highest BCUT2D eigenvalue weighted by Crippen LogP contribution is 2.29. The molecule has 1 fully saturated rings. The van der Waals surface area contributed by atoms with E-state index >= 15 is 0 Å². The fourth-order valence-corrected chi connectivity index (χ4v) is 4.50. The largest absolute Gasteiger partial charge is 0.573 e. The number of benzene rings is 2. The number of carbonyl (C=O) groups excluding carboxylic acids is 2. The monoisotopic (exact) mass is 428 g/mol. The molecule has 1 N–H and O–H groups in total. The molecule has 0 aromatic heterocycles. The van der Waals surface area contributed by atoms with Gasteiger partial charge in [0, 0.05) is 12.1 Å². The Hall–Kier alpha value is -3.08. The summed E-state index contributed by atoms with van der Waals surface area (Å²) in [7, 11) is -4.22. The van der Waals surface area contributed by atoms with Crippen LogP contribution in [-0.2, 0) is 19.6 Å². The van der Waals surface area contributed by atoms with Gasteiger partial charge in [0.2, 0.25) is 11.8 Å². The molecule has 1 atom stereocenters. The number of halogens is 3. The molecule has 1 unspecified atom stereocenters. The topological polar surface area (TPSA) is 92.8 Å². The lowest BCUT2D eigenvalue weighted by atomic mass is 10.2. The molecule has 3 rings (SSSR count). The van der Waals surface area contributed by atoms with E-state index in [0.29, 0.717) is 4.31 Å². The molecule has 1 heterocycles. The molecule has 2 aromatic carbocycles. The van der Waals surface area contributed by atoms with E-state index in [-0.39, 0.29) is 23.4 Å². The van der Waals surface area contributed by atoms with Gasteiger partial charge in [-0.25, -0.2) is 12.7 Å². The first-order chi connectivity index (χ1) is 13.6. The first-order valence-corrected chi connectivity index (χ1v) is 9.81. The first kappa shape index (κ1) is 20.6. The molecule has 11 heteroatoms. The predicted molar refractivity (Wildman–Crippen MR) is 95.3 cm³/mol. The van der Waals surface area contributed by atoms with E-state index in [2.05, 4.69) is 10.1 Å². The molecule has 1 aliphatic rings. The number of nitrogens with zero attached hydrogens (tertiary/aromatic N) is 1. The summed E-state index contributed by atoms with van der Waals surface area (Å²) in [5, 5.41) is 2.41. The number of nitrogens with one attached hydrogen (secondary N) is 1. The van der Waals surface area contributed by atoms with Crippen molar-refractivity contribution in [2.24, 2.45) is 0 Å². The van der Waals surface area contributed by atoms with Crippen molar-refractivity contribution in [3.8, 4) is 5.75 Å². The summed E-state index contributed by atoms with van der Waals surface area (Å²) in [4.78, 5) is 24.6. The lowest BCUT2D eigenvalue weighted by molar-refractivity contribution is -0.274. The third-order valence-electron chi connectivity index (χ3n) is 4.12. The first-order valence-electron chi connectivity index (χ1n) is 8.37. The highest BCUT2D eigenvalue weighted by atomic mass is 32.2. The molecule has 2 amide bonds. The molecule has 7 nitrogen and oxygen atoms in total. The molecular weight excluding hydrogens is 413 g/mol. The molecular formula is C18H15F3N2O5S. The van der Waals surface area contributed by atoms with Crippen LogP contribution in [0.2, 0.25) is 0 Å². The molecule has 0 bridgehead atoms. The number of amides is 2. The maximum absolute atomic E-state index is 12.8. The number of hydrogen-bond donors (Lipinski definition) is 1. The smallest absolute Gasteiger partial charge is 0.406 e. The molecule has 0 radical (unpaired) electrons. The minimum Gasteiger partial charge on any atom is -0.406 e. The van der Waals surface area contributed by atoms with E-state index in [0.717, 1.165) is 12.1 Å². The van der Waals surface area contributed by atoms with Gasteiger partial charge in [0.1, 0.15) is 11.8 Å². The van der Waals surface area contributed by atoms with Crippen LogP contribution in [0.15, 0.2) is 59.5 Å². The fraction of sp³-hybridized carbons (Fsp3) is 0.222. The van der Waals surface area contributed by atoms with E-state index in [1.54, 1.807) is 6.07 Å². The average Bonchev–Trinajstić information content (AvgIpc) is 3.05. The minimum atomic E-state index is -4.85. The van der Waals surface area contributed by atoms with Gasteiger partial charge >= 0.3 is 6.36 Å². The van der Waals surface area contributed by atoms with Crippen LogP contribution >= 0.6 is 0 Å². The summed E-state index contributed by atoms with van der Waals surface area (Å²) in [6, 6.07) is 10.3. The van der Waals surface area contributed by atoms with Crippen LogP contribution in [0.3, 0.4) is 0 Å². The Morgan fingerprint density at radius 1 is 1.07 bits per heavy atom. The zero-order chi connectivity index (χ0) is 21.2. The lowest BCUT2D eigenvalue weighted by Crippen LogP contribution is -2.45. The van der Waals surface area contributed by atoms with Gasteiger partial charge < -0.3 is 10.1 Å². The lowest BCUT2D eigenvalue weighted by Gasteiger charge is -2.23. The number of anilines is 1. The van der Waals surface area contributed by atoms with Crippen molar-refractivity contribution in [3.63, 3.8) is 0 Å². The van der Waals surface area contributed by atoms with E-state index in [9.17, 15) is 31.2 Å². The summed E-state index contributed by atoms with van der Waals surface area (Å²) < 4.78 is 66.5. The van der Waals surface area contributed by atoms with Gasteiger partial charge in [-0.3, -0.25) is 9.59 Å². The van der Waals surface area contributed by atoms with Crippen molar-refractivity contribution in [2.45, 2.75) is 30.1 Å². The van der Waals surface area contributed by atoms with Gasteiger partial charge in [-0.2, -0.15) is 0 Å². The molecule has 0 aliphatic carbocycles. The number of hydrogen-bond acceptors (Lipinski definition) is 5. The summed E-state index contributed by atoms with van der Waals surface area (Å²) in [6.45, 7) is 0. The van der Waals surface area contributed by atoms with Crippen molar-refractivity contribution in [2.75, 3.05) is 5.32 Å². The minimum absolute atomic E-state index is 0.00794. The Morgan fingerprint density at radius 3 is 2.28 bits per heavy atom. The van der Waals surface area contributed by atoms with Crippen molar-refractivity contribution in [1.29, 1.82) is 0 Å². The van der Waals surface area contributed by atoms with Crippen LogP contribution in [0.5, 0.6) is 5.75 Å². The standard InChI is InChI=1S/C18H15F3N2O5S/c19-18(20,21)28-13-8-6-12(7-9-13)22-17(25)15-10-11-16(24)23(15)29(26,27)14-4-2-1-3-5-14/h1-9,15H,10-11H2,(H,22,25). The zero-order valence-electron chi connectivity index (χ0n) is 14.7. The van der Waals surface area contributed by atoms with Crippen molar-refractivity contribution < 1.29 is 35.9 Å². The quantitative estimate of drug-likeness (QED) is 0.791. The number of ether oxygens (including phenoxy) is 1. The Kier molecular flexibility index (Phi) is 5.51. The summed E-state index contributed by atoms with van der Waals surface area (Å²) in [6.07, 6.45) is -4.98. The van der Waals surface area contributed by atoms with Crippen LogP contribution in [0.1, 0.15) is 12.8 Å². The highest BCUT2D eigenvalue weighted by molar-refractivity contribution is 7.89. The fourth-order valence-electron chi connectivity index (χ4n) is 2.87. The summed E-state index contributed by atoms with van der Waals surface area (Å²) >= 11 is 0. The Morgan fingerprint density at radius 2 is 1.69 bits per heavy atom. The van der Waals surface area contributed by atoms with Crippen LogP contribution in [-0.4, -0.2) is 36.9 Å². The van der Waals surface area contributed by atoms with Crippen molar-refractivity contribution >= 4 is 27.5 Å². The summed E-state index contributed by atoms with van der Waals surface area (Å²) in [5.41, 5.74) is 0.126. The number of alkyl halides is 3. The average molecular weight is 428 g/mol. The Balaban J connectivity index is 1.77. The molecule has 1 aliphatic heterocycles. The molecule has 2 aromatic rings. The second kappa shape index (κ2) is 7.74. The van der Waals surface area contributed by atoms with E-state index < -0.39 is 40.0 Å². The maximum Gasteiger partial charge on any atom is 0.573 e. The second-order valence-electron chi connectivity index (χ2n) is 6.12. The van der Waals surface area contributed by atoms with Gasteiger partial charge in [-0.1, -0.05) is 18.2 Å². The molecule has 29 heavy (non-hydrogen) atoms. The third kappa shape index (κ3) is 4.67. The van der Waals surface area contributed by atoms with Crippen LogP contribution in [0, 0.1) is 0 Å². The zero-order valence-corrected chi connectivity index (χ0v) is 15.5. The van der Waals surface area contributed by atoms with Gasteiger partial charge in [0.05, 0.1) is 4.90 Å². The maximum atomic E-state index is 12.8. The number of carbonyl (C=O) groups is 2. The van der Waals surface area contributed by atoms with E-state index in [1.165, 1.54) is 36.4 Å². The molecule has 1 saturated heterocycles. The summed E-state index contributed by atoms with van der Waals surface area (Å²) in [5.74, 6) is -1.94. The highest BCUT2D eigenvalue weighted by Gasteiger charge is 2.44. The van der Waals surface area contributed by atoms with Gasteiger partial charge in [0.25, 0.3) is 10.0 Å². The molecule has 0 spiro atoms. The van der Waals surface area contributed by atoms with Gasteiger partial charge in [-0.15, -0.1) is 13.2 Å². The van der Waals surface area contributed by atoms with Crippen molar-refractivity contribution in [3.05, 3.63) is 54.6 Å². The van der Waals surface area contributed by atoms with Crippen molar-refractivity contribution in [1.82, 2.24) is 4.31 Å². The van der Waals surface area contributed by atoms with Crippen LogP contribution in [0.25, 0.3) is 0 Å². The van der Waals surface area contributed by atoms with Crippen LogP contribution in [0.4, 0.5) is 18.9 Å². The number of sulfonamides is 1. The SMILES string of the molecule is O=C(Nc1ccc(OC(F)(F)F)cc1)C1CCC(=O)N1S(=O)(=O)c1ccccc1. The van der Waals surface area contributed by atoms with Gasteiger partial charge in [-0.05, 0) is 42.8 Å². The van der Waals surface area contributed by atoms with Crippen LogP contribution < -0.4 is 10.1 Å². The second-order valence-corrected chi connectivity index (χ2v) is 7.94. The molecule has 0 saturated carbocycles. The number of rotatable bonds is 5. The molecule has 154 valence electrons. The van der Waals surface area contributed by atoms with E-state index in [4.69, 9.17) is 0 Å².